The molecule has 0 fully saturated rings. The first-order valence-corrected chi connectivity index (χ1v) is 9.21. The monoisotopic (exact) mass is 342 g/mol. The van der Waals surface area contributed by atoms with E-state index in [2.05, 4.69) is 25.1 Å². The van der Waals surface area contributed by atoms with E-state index in [1.807, 2.05) is 55.5 Å². The summed E-state index contributed by atoms with van der Waals surface area (Å²) in [5, 5.41) is 2.38. The molecule has 2 nitrogen and oxygen atoms in total. The number of carbonyl (C=O) groups excluding carboxylic acids is 1. The highest BCUT2D eigenvalue weighted by atomic mass is 16.5. The largest absolute Gasteiger partial charge is 0.474 e. The Kier molecular flexibility index (Phi) is 4.12. The second-order valence-electron chi connectivity index (χ2n) is 6.68. The van der Waals surface area contributed by atoms with Gasteiger partial charge in [-0.2, -0.15) is 0 Å². The average Bonchev–Trinajstić information content (AvgIpc) is 2.70. The first-order valence-electron chi connectivity index (χ1n) is 9.21. The maximum absolute atomic E-state index is 13.0. The molecule has 1 atom stereocenters. The predicted octanol–water partition coefficient (Wildman–Crippen LogP) is 5.68. The molecule has 3 aromatic carbocycles. The molecule has 3 aromatic rings. The van der Waals surface area contributed by atoms with Gasteiger partial charge in [0.05, 0.1) is 0 Å². The second-order valence-corrected chi connectivity index (χ2v) is 6.68. The van der Waals surface area contributed by atoms with Gasteiger partial charge in [0.15, 0.2) is 5.60 Å². The molecule has 0 heterocycles. The normalized spacial score (nSPS) is 18.8. The summed E-state index contributed by atoms with van der Waals surface area (Å²) in [6.07, 6.45) is 4.97. The quantitative estimate of drug-likeness (QED) is 0.609. The van der Waals surface area contributed by atoms with Crippen LogP contribution in [-0.4, -0.2) is 5.78 Å². The summed E-state index contributed by atoms with van der Waals surface area (Å²) in [5.74, 6) is 0.806. The average molecular weight is 342 g/mol. The van der Waals surface area contributed by atoms with Crippen LogP contribution in [0.1, 0.15) is 37.0 Å². The van der Waals surface area contributed by atoms with Gasteiger partial charge >= 0.3 is 0 Å². The minimum atomic E-state index is -0.961. The lowest BCUT2D eigenvalue weighted by atomic mass is 9.80. The Labute approximate surface area is 154 Å². The van der Waals surface area contributed by atoms with Gasteiger partial charge < -0.3 is 4.74 Å². The van der Waals surface area contributed by atoms with E-state index in [-0.39, 0.29) is 5.78 Å². The third kappa shape index (κ3) is 2.45. The summed E-state index contributed by atoms with van der Waals surface area (Å²) in [6.45, 7) is 4.14. The summed E-state index contributed by atoms with van der Waals surface area (Å²) < 4.78 is 6.56. The number of fused-ring (bicyclic) bond motifs is 2. The summed E-state index contributed by atoms with van der Waals surface area (Å²) in [5.41, 5.74) is 2.19. The molecule has 0 bridgehead atoms. The van der Waals surface area contributed by atoms with Gasteiger partial charge in [0, 0.05) is 11.1 Å². The van der Waals surface area contributed by atoms with Gasteiger partial charge in [-0.3, -0.25) is 4.79 Å². The topological polar surface area (TPSA) is 26.3 Å². The molecular formula is C24H22O2. The Morgan fingerprint density at radius 3 is 2.46 bits per heavy atom. The number of ether oxygens (including phenoxy) is 1. The van der Waals surface area contributed by atoms with Crippen LogP contribution < -0.4 is 4.74 Å². The third-order valence-corrected chi connectivity index (χ3v) is 5.34. The smallest absolute Gasteiger partial charge is 0.203 e. The van der Waals surface area contributed by atoms with Crippen molar-refractivity contribution in [3.8, 4) is 5.75 Å². The molecule has 1 aliphatic rings. The second kappa shape index (κ2) is 6.45. The first kappa shape index (κ1) is 16.6. The minimum absolute atomic E-state index is 0.00825. The summed E-state index contributed by atoms with van der Waals surface area (Å²) in [6, 6.07) is 20.4. The van der Waals surface area contributed by atoms with Crippen molar-refractivity contribution in [3.63, 3.8) is 0 Å². The molecule has 1 unspecified atom stereocenters. The third-order valence-electron chi connectivity index (χ3n) is 5.34. The molecule has 26 heavy (non-hydrogen) atoms. The molecule has 0 radical (unpaired) electrons. The zero-order valence-corrected chi connectivity index (χ0v) is 15.2. The van der Waals surface area contributed by atoms with Crippen LogP contribution in [0.4, 0.5) is 0 Å². The van der Waals surface area contributed by atoms with Crippen LogP contribution in [0.2, 0.25) is 0 Å². The number of rotatable bonds is 4. The standard InChI is InChI=1S/C24H22O2/c1-3-19-20-11-7-5-9-17(20)13-15-22(19)26-24(4-2)21-12-8-6-10-18(21)14-16-23(24)25/h5-16H,3-4H2,1-2H3. The maximum atomic E-state index is 13.0. The van der Waals surface area contributed by atoms with Gasteiger partial charge in [-0.15, -0.1) is 0 Å². The van der Waals surface area contributed by atoms with Crippen molar-refractivity contribution < 1.29 is 9.53 Å². The van der Waals surface area contributed by atoms with E-state index in [1.54, 1.807) is 6.08 Å². The molecule has 4 rings (SSSR count). The van der Waals surface area contributed by atoms with Crippen LogP contribution in [0, 0.1) is 0 Å². The van der Waals surface area contributed by atoms with E-state index in [9.17, 15) is 4.79 Å². The fourth-order valence-electron chi connectivity index (χ4n) is 3.95. The number of hydrogen-bond donors (Lipinski definition) is 0. The fourth-order valence-corrected chi connectivity index (χ4v) is 3.95. The molecule has 0 saturated heterocycles. The van der Waals surface area contributed by atoms with E-state index < -0.39 is 5.60 Å². The fraction of sp³-hybridized carbons (Fsp3) is 0.208. The predicted molar refractivity (Wildman–Crippen MR) is 106 cm³/mol. The van der Waals surface area contributed by atoms with Crippen molar-refractivity contribution in [1.29, 1.82) is 0 Å². The molecular weight excluding hydrogens is 320 g/mol. The Morgan fingerprint density at radius 1 is 0.885 bits per heavy atom. The highest BCUT2D eigenvalue weighted by Crippen LogP contribution is 2.40. The van der Waals surface area contributed by atoms with Gasteiger partial charge in [-0.1, -0.05) is 74.5 Å². The van der Waals surface area contributed by atoms with Crippen LogP contribution in [-0.2, 0) is 16.8 Å². The van der Waals surface area contributed by atoms with E-state index in [1.165, 1.54) is 10.8 Å². The lowest BCUT2D eigenvalue weighted by Crippen LogP contribution is -2.42. The number of aryl methyl sites for hydroxylation is 1. The first-order chi connectivity index (χ1) is 12.7. The van der Waals surface area contributed by atoms with Crippen molar-refractivity contribution in [2.24, 2.45) is 0 Å². The lowest BCUT2D eigenvalue weighted by Gasteiger charge is -2.35. The maximum Gasteiger partial charge on any atom is 0.203 e. The molecule has 130 valence electrons. The summed E-state index contributed by atoms with van der Waals surface area (Å²) in [4.78, 5) is 13.0. The van der Waals surface area contributed by atoms with E-state index in [4.69, 9.17) is 4.74 Å². The van der Waals surface area contributed by atoms with Crippen LogP contribution in [0.15, 0.2) is 66.7 Å². The van der Waals surface area contributed by atoms with E-state index in [0.29, 0.717) is 6.42 Å². The van der Waals surface area contributed by atoms with Crippen LogP contribution in [0.25, 0.3) is 16.8 Å². The van der Waals surface area contributed by atoms with Crippen LogP contribution in [0.5, 0.6) is 5.75 Å². The molecule has 0 aliphatic heterocycles. The van der Waals surface area contributed by atoms with Crippen molar-refractivity contribution in [1.82, 2.24) is 0 Å². The molecule has 0 spiro atoms. The van der Waals surface area contributed by atoms with E-state index in [0.717, 1.165) is 28.9 Å². The van der Waals surface area contributed by atoms with Crippen molar-refractivity contribution in [2.75, 3.05) is 0 Å². The molecule has 2 heteroatoms. The highest BCUT2D eigenvalue weighted by Gasteiger charge is 2.43. The SMILES string of the molecule is CCc1c(OC2(CC)C(=O)C=Cc3ccccc32)ccc2ccccc12. The van der Waals surface area contributed by atoms with Gasteiger partial charge in [0.25, 0.3) is 0 Å². The van der Waals surface area contributed by atoms with Crippen molar-refractivity contribution in [2.45, 2.75) is 32.3 Å². The van der Waals surface area contributed by atoms with Gasteiger partial charge in [-0.25, -0.2) is 0 Å². The number of hydrogen-bond acceptors (Lipinski definition) is 2. The van der Waals surface area contributed by atoms with Crippen LogP contribution in [0.3, 0.4) is 0 Å². The highest BCUT2D eigenvalue weighted by molar-refractivity contribution is 6.04. The Bertz CT molecular complexity index is 1020. The molecule has 1 aliphatic carbocycles. The summed E-state index contributed by atoms with van der Waals surface area (Å²) in [7, 11) is 0. The molecule has 0 saturated carbocycles. The van der Waals surface area contributed by atoms with E-state index >= 15 is 0 Å². The molecule has 0 aromatic heterocycles. The van der Waals surface area contributed by atoms with Crippen molar-refractivity contribution >= 4 is 22.6 Å². The van der Waals surface area contributed by atoms with Crippen molar-refractivity contribution in [3.05, 3.63) is 83.4 Å². The zero-order valence-electron chi connectivity index (χ0n) is 15.2. The zero-order chi connectivity index (χ0) is 18.1. The van der Waals surface area contributed by atoms with Gasteiger partial charge in [-0.05, 0) is 41.3 Å². The summed E-state index contributed by atoms with van der Waals surface area (Å²) >= 11 is 0. The number of ketones is 1. The lowest BCUT2D eigenvalue weighted by molar-refractivity contribution is -0.130. The number of carbonyl (C=O) groups is 1. The van der Waals surface area contributed by atoms with Crippen LogP contribution >= 0.6 is 0 Å². The van der Waals surface area contributed by atoms with Gasteiger partial charge in [0.1, 0.15) is 5.75 Å². The van der Waals surface area contributed by atoms with Gasteiger partial charge in [0.2, 0.25) is 5.78 Å². The molecule has 0 N–H and O–H groups in total. The number of benzene rings is 3. The Hall–Kier alpha value is -2.87. The Morgan fingerprint density at radius 2 is 1.65 bits per heavy atom. The molecule has 0 amide bonds. The Balaban J connectivity index is 1.89. The minimum Gasteiger partial charge on any atom is -0.474 e.